The normalized spacial score (nSPS) is 13.7. The summed E-state index contributed by atoms with van der Waals surface area (Å²) in [5.41, 5.74) is 9.63. The average molecular weight is 742 g/mol. The van der Waals surface area contributed by atoms with Crippen molar-refractivity contribution in [2.24, 2.45) is 0 Å². The molecular formula is C37H45BN7O7P. The van der Waals surface area contributed by atoms with Crippen LogP contribution in [0.1, 0.15) is 30.5 Å². The van der Waals surface area contributed by atoms with Crippen molar-refractivity contribution in [2.45, 2.75) is 45.3 Å². The Balaban J connectivity index is 1.53. The first-order chi connectivity index (χ1) is 25.7. The maximum absolute atomic E-state index is 15.6. The summed E-state index contributed by atoms with van der Waals surface area (Å²) in [6, 6.07) is 25.0. The van der Waals surface area contributed by atoms with E-state index in [9.17, 15) is 4.79 Å². The number of rotatable bonds is 21. The highest BCUT2D eigenvalue weighted by atomic mass is 31.2. The highest BCUT2D eigenvalue weighted by Crippen LogP contribution is 2.38. The van der Waals surface area contributed by atoms with Crippen LogP contribution in [0.3, 0.4) is 0 Å². The van der Waals surface area contributed by atoms with Crippen LogP contribution in [0.15, 0.2) is 84.9 Å². The van der Waals surface area contributed by atoms with E-state index in [1.54, 1.807) is 36.8 Å². The minimum absolute atomic E-state index is 0.0574. The van der Waals surface area contributed by atoms with Crippen LogP contribution in [0.25, 0.3) is 11.2 Å². The Labute approximate surface area is 310 Å². The first-order valence-electron chi connectivity index (χ1n) is 17.4. The molecule has 5 rings (SSSR count). The number of nitrogens with one attached hydrogen (secondary N) is 2. The molecule has 0 saturated heterocycles. The molecule has 14 nitrogen and oxygen atoms in total. The fraction of sp³-hybridized carbons (Fsp3) is 0.351. The summed E-state index contributed by atoms with van der Waals surface area (Å²) in [7, 11) is 4.08. The summed E-state index contributed by atoms with van der Waals surface area (Å²) in [6.07, 6.45) is 0.687. The van der Waals surface area contributed by atoms with Crippen LogP contribution < -0.4 is 31.7 Å². The van der Waals surface area contributed by atoms with Gasteiger partial charge < -0.3 is 24.5 Å². The van der Waals surface area contributed by atoms with E-state index in [1.165, 1.54) is 0 Å². The number of imidazole rings is 1. The first-order valence-corrected chi connectivity index (χ1v) is 19.1. The second kappa shape index (κ2) is 19.5. The molecule has 2 radical (unpaired) electrons. The lowest BCUT2D eigenvalue weighted by Gasteiger charge is -2.30. The number of nitrogens with zero attached hydrogens (tertiary/aromatic N) is 4. The van der Waals surface area contributed by atoms with Crippen molar-refractivity contribution >= 4 is 49.3 Å². The molecule has 278 valence electrons. The number of fused-ring (bicyclic) bond motifs is 1. The molecule has 0 amide bonds. The number of esters is 1. The quantitative estimate of drug-likeness (QED) is 0.0250. The summed E-state index contributed by atoms with van der Waals surface area (Å²) in [5.74, 6) is -0.417. The average Bonchev–Trinajstić information content (AvgIpc) is 3.47. The number of methoxy groups -OCH3 is 1. The number of anilines is 1. The summed E-state index contributed by atoms with van der Waals surface area (Å²) in [6.45, 7) is 4.87. The Kier molecular flexibility index (Phi) is 14.5. The summed E-state index contributed by atoms with van der Waals surface area (Å²) in [4.78, 5) is 37.4. The third-order valence-corrected chi connectivity index (χ3v) is 10.5. The zero-order valence-electron chi connectivity index (χ0n) is 30.1. The van der Waals surface area contributed by atoms with Crippen molar-refractivity contribution < 1.29 is 33.3 Å². The molecule has 53 heavy (non-hydrogen) atoms. The number of nitrogens with two attached hydrogens (primary N) is 1. The van der Waals surface area contributed by atoms with Crippen molar-refractivity contribution in [1.29, 1.82) is 0 Å². The zero-order valence-corrected chi connectivity index (χ0v) is 31.0. The number of aromatic nitrogens is 4. The van der Waals surface area contributed by atoms with Crippen LogP contribution in [0, 0.1) is 0 Å². The van der Waals surface area contributed by atoms with Gasteiger partial charge in [0.15, 0.2) is 19.3 Å². The lowest BCUT2D eigenvalue weighted by molar-refractivity contribution is -0.293. The van der Waals surface area contributed by atoms with Gasteiger partial charge in [-0.2, -0.15) is 9.97 Å². The number of benzene rings is 3. The fourth-order valence-corrected chi connectivity index (χ4v) is 8.01. The van der Waals surface area contributed by atoms with E-state index in [-0.39, 0.29) is 50.3 Å². The molecule has 0 aliphatic heterocycles. The molecule has 3 atom stereocenters. The van der Waals surface area contributed by atoms with Crippen molar-refractivity contribution in [3.63, 3.8) is 0 Å². The first kappa shape index (κ1) is 39.6. The standard InChI is InChI=1S/C37H45BN7O7P/c1-4-49-35(46)31(23-27-15-10-7-11-16-27)44-53(47,43-29(25-52-51-5-2)21-26-13-8-6-9-14-26)30-18-12-17-28(22-30)24-45-34-32(40-36(45)38)33(39)41-37(42-34)50-20-19-48-3/h6-18,22,29,31H,4-5,19-21,23-25H2,1-3H3,(H2,39,41,42)(H2,43,44,47). The molecule has 0 bridgehead atoms. The molecule has 2 heterocycles. The molecule has 4 N–H and O–H groups in total. The van der Waals surface area contributed by atoms with Gasteiger partial charge in [-0.1, -0.05) is 72.8 Å². The molecule has 3 aromatic carbocycles. The summed E-state index contributed by atoms with van der Waals surface area (Å²) < 4.78 is 33.4. The number of hydrogen-bond acceptors (Lipinski definition) is 11. The van der Waals surface area contributed by atoms with E-state index < -0.39 is 25.5 Å². The Bertz CT molecular complexity index is 1970. The highest BCUT2D eigenvalue weighted by Gasteiger charge is 2.35. The van der Waals surface area contributed by atoms with Crippen LogP contribution >= 0.6 is 7.44 Å². The number of carbonyl (C=O) groups is 1. The second-order valence-corrected chi connectivity index (χ2v) is 14.3. The summed E-state index contributed by atoms with van der Waals surface area (Å²) >= 11 is 0. The molecule has 2 aromatic heterocycles. The van der Waals surface area contributed by atoms with Gasteiger partial charge >= 0.3 is 12.0 Å². The Morgan fingerprint density at radius 2 is 1.57 bits per heavy atom. The summed E-state index contributed by atoms with van der Waals surface area (Å²) in [5, 5.41) is 6.99. The number of hydrogen-bond donors (Lipinski definition) is 3. The number of nitrogen functional groups attached to an aromatic ring is 1. The van der Waals surface area contributed by atoms with Gasteiger partial charge in [0.1, 0.15) is 18.2 Å². The maximum atomic E-state index is 15.6. The van der Waals surface area contributed by atoms with Gasteiger partial charge in [-0.05, 0) is 55.5 Å². The molecule has 5 aromatic rings. The molecular weight excluding hydrogens is 696 g/mol. The molecule has 0 aliphatic rings. The molecule has 16 heteroatoms. The predicted molar refractivity (Wildman–Crippen MR) is 204 cm³/mol. The van der Waals surface area contributed by atoms with E-state index >= 15 is 4.57 Å². The largest absolute Gasteiger partial charge is 0.465 e. The van der Waals surface area contributed by atoms with Gasteiger partial charge in [-0.15, -0.1) is 0 Å². The van der Waals surface area contributed by atoms with Gasteiger partial charge in [0.25, 0.3) is 0 Å². The van der Waals surface area contributed by atoms with Crippen LogP contribution in [-0.2, 0) is 48.0 Å². The van der Waals surface area contributed by atoms with Crippen LogP contribution in [0.4, 0.5) is 5.82 Å². The molecule has 0 fully saturated rings. The lowest BCUT2D eigenvalue weighted by Crippen LogP contribution is -2.47. The second-order valence-electron chi connectivity index (χ2n) is 12.1. The molecule has 3 unspecified atom stereocenters. The minimum atomic E-state index is -3.86. The van der Waals surface area contributed by atoms with E-state index in [0.717, 1.165) is 16.7 Å². The molecule has 0 aliphatic carbocycles. The molecule has 0 spiro atoms. The SMILES string of the molecule is [B]c1nc2c(N)nc(OCCOC)nc2n1Cc1cccc(P(=O)(NC(COOCC)Cc2ccccc2)NC(Cc2ccccc2)C(=O)OCC)c1. The van der Waals surface area contributed by atoms with E-state index in [1.807, 2.05) is 73.7 Å². The molecule has 0 saturated carbocycles. The third-order valence-electron chi connectivity index (χ3n) is 8.12. The van der Waals surface area contributed by atoms with Gasteiger partial charge in [0.2, 0.25) is 7.44 Å². The third kappa shape index (κ3) is 11.0. The van der Waals surface area contributed by atoms with Crippen LogP contribution in [-0.4, -0.2) is 85.6 Å². The van der Waals surface area contributed by atoms with Gasteiger partial charge in [0.05, 0.1) is 32.2 Å². The van der Waals surface area contributed by atoms with Crippen LogP contribution in [0.2, 0.25) is 0 Å². The Morgan fingerprint density at radius 1 is 0.868 bits per heavy atom. The Morgan fingerprint density at radius 3 is 2.25 bits per heavy atom. The van der Waals surface area contributed by atoms with Crippen molar-refractivity contribution in [1.82, 2.24) is 29.7 Å². The van der Waals surface area contributed by atoms with Crippen molar-refractivity contribution in [3.8, 4) is 6.01 Å². The monoisotopic (exact) mass is 741 g/mol. The fourth-order valence-electron chi connectivity index (χ4n) is 5.68. The van der Waals surface area contributed by atoms with Gasteiger partial charge in [-0.3, -0.25) is 9.36 Å². The van der Waals surface area contributed by atoms with Crippen molar-refractivity contribution in [3.05, 3.63) is 102 Å². The van der Waals surface area contributed by atoms with Gasteiger partial charge in [0, 0.05) is 25.0 Å². The van der Waals surface area contributed by atoms with E-state index in [4.69, 9.17) is 37.6 Å². The number of carbonyl (C=O) groups excluding carboxylic acids is 1. The predicted octanol–water partition coefficient (Wildman–Crippen LogP) is 3.03. The lowest BCUT2D eigenvalue weighted by atomic mass is 10.1. The zero-order chi connectivity index (χ0) is 37.6. The maximum Gasteiger partial charge on any atom is 0.323 e. The Hall–Kier alpha value is -4.63. The number of ether oxygens (including phenoxy) is 3. The van der Waals surface area contributed by atoms with E-state index in [2.05, 4.69) is 25.1 Å². The van der Waals surface area contributed by atoms with Crippen molar-refractivity contribution in [2.75, 3.05) is 45.9 Å². The highest BCUT2D eigenvalue weighted by molar-refractivity contribution is 7.67. The topological polar surface area (TPSA) is 174 Å². The van der Waals surface area contributed by atoms with Crippen LogP contribution in [0.5, 0.6) is 6.01 Å². The minimum Gasteiger partial charge on any atom is -0.465 e. The smallest absolute Gasteiger partial charge is 0.323 e. The van der Waals surface area contributed by atoms with Gasteiger partial charge in [-0.25, -0.2) is 24.9 Å². The van der Waals surface area contributed by atoms with E-state index in [0.29, 0.717) is 36.1 Å².